The lowest BCUT2D eigenvalue weighted by atomic mass is 10.1. The molecule has 0 aliphatic rings. The topological polar surface area (TPSA) is 78.9 Å². The standard InChI is InChI=1S/C60H110O6/c1-4-7-10-13-16-19-22-24-26-28-29-30-31-32-34-35-38-41-44-47-50-53-59(62)65-56-57(55-64-58(61)52-49-46-43-40-37-21-18-15-12-9-6-3)66-60(63)54-51-48-45-42-39-36-33-27-25-23-20-17-14-11-8-5-2/h22,24,27-29,33,57H,4-21,23,25-26,30-32,34-56H2,1-3H3/b24-22-,29-28-,33-27-. The zero-order valence-corrected chi connectivity index (χ0v) is 44.2. The Morgan fingerprint density at radius 3 is 0.848 bits per heavy atom. The van der Waals surface area contributed by atoms with Crippen LogP contribution in [0.5, 0.6) is 0 Å². The molecule has 0 saturated heterocycles. The van der Waals surface area contributed by atoms with Crippen molar-refractivity contribution in [2.45, 2.75) is 316 Å². The molecule has 0 aliphatic heterocycles. The van der Waals surface area contributed by atoms with Gasteiger partial charge in [-0.2, -0.15) is 0 Å². The van der Waals surface area contributed by atoms with E-state index in [4.69, 9.17) is 14.2 Å². The third-order valence-electron chi connectivity index (χ3n) is 12.9. The van der Waals surface area contributed by atoms with Gasteiger partial charge in [0.15, 0.2) is 6.10 Å². The predicted octanol–water partition coefficient (Wildman–Crippen LogP) is 19.3. The molecular formula is C60H110O6. The zero-order valence-electron chi connectivity index (χ0n) is 44.2. The average Bonchev–Trinajstić information content (AvgIpc) is 3.31. The van der Waals surface area contributed by atoms with Crippen molar-refractivity contribution in [3.8, 4) is 0 Å². The summed E-state index contributed by atoms with van der Waals surface area (Å²) in [5.41, 5.74) is 0. The lowest BCUT2D eigenvalue weighted by Crippen LogP contribution is -2.30. The van der Waals surface area contributed by atoms with Crippen molar-refractivity contribution in [2.24, 2.45) is 0 Å². The maximum Gasteiger partial charge on any atom is 0.306 e. The first-order valence-electron chi connectivity index (χ1n) is 29.0. The van der Waals surface area contributed by atoms with Crippen molar-refractivity contribution < 1.29 is 28.6 Å². The van der Waals surface area contributed by atoms with Gasteiger partial charge in [0, 0.05) is 19.3 Å². The molecule has 0 radical (unpaired) electrons. The van der Waals surface area contributed by atoms with Crippen molar-refractivity contribution in [3.05, 3.63) is 36.5 Å². The molecule has 386 valence electrons. The molecule has 0 N–H and O–H groups in total. The normalized spacial score (nSPS) is 12.2. The van der Waals surface area contributed by atoms with Gasteiger partial charge in [-0.1, -0.05) is 250 Å². The van der Waals surface area contributed by atoms with Crippen LogP contribution in [0.2, 0.25) is 0 Å². The van der Waals surface area contributed by atoms with Gasteiger partial charge in [0.25, 0.3) is 0 Å². The Kier molecular flexibility index (Phi) is 53.2. The van der Waals surface area contributed by atoms with Crippen LogP contribution in [-0.2, 0) is 28.6 Å². The summed E-state index contributed by atoms with van der Waals surface area (Å²) in [4.78, 5) is 38.1. The van der Waals surface area contributed by atoms with Crippen LogP contribution in [0.3, 0.4) is 0 Å². The van der Waals surface area contributed by atoms with Crippen LogP contribution >= 0.6 is 0 Å². The molecule has 1 unspecified atom stereocenters. The van der Waals surface area contributed by atoms with E-state index in [-0.39, 0.29) is 31.1 Å². The molecule has 0 heterocycles. The summed E-state index contributed by atoms with van der Waals surface area (Å²) in [6.07, 6.45) is 65.6. The molecule has 66 heavy (non-hydrogen) atoms. The van der Waals surface area contributed by atoms with Crippen molar-refractivity contribution in [1.29, 1.82) is 0 Å². The van der Waals surface area contributed by atoms with Gasteiger partial charge in [0.2, 0.25) is 0 Å². The Morgan fingerprint density at radius 1 is 0.303 bits per heavy atom. The van der Waals surface area contributed by atoms with E-state index >= 15 is 0 Å². The Hall–Kier alpha value is -2.37. The minimum absolute atomic E-state index is 0.0734. The molecule has 0 aromatic heterocycles. The fourth-order valence-corrected chi connectivity index (χ4v) is 8.47. The highest BCUT2D eigenvalue weighted by Crippen LogP contribution is 2.16. The summed E-state index contributed by atoms with van der Waals surface area (Å²) >= 11 is 0. The van der Waals surface area contributed by atoms with E-state index in [2.05, 4.69) is 57.2 Å². The fraction of sp³-hybridized carbons (Fsp3) is 0.850. The number of carbonyl (C=O) groups is 3. The first kappa shape index (κ1) is 63.6. The van der Waals surface area contributed by atoms with Gasteiger partial charge in [-0.05, 0) is 77.0 Å². The predicted molar refractivity (Wildman–Crippen MR) is 284 cm³/mol. The quantitative estimate of drug-likeness (QED) is 0.0262. The van der Waals surface area contributed by atoms with Gasteiger partial charge in [-0.25, -0.2) is 0 Å². The van der Waals surface area contributed by atoms with Gasteiger partial charge in [-0.15, -0.1) is 0 Å². The highest BCUT2D eigenvalue weighted by Gasteiger charge is 2.19. The second-order valence-corrected chi connectivity index (χ2v) is 19.6. The van der Waals surface area contributed by atoms with Gasteiger partial charge in [0.05, 0.1) is 0 Å². The van der Waals surface area contributed by atoms with Crippen LogP contribution in [-0.4, -0.2) is 37.2 Å². The Morgan fingerprint density at radius 2 is 0.545 bits per heavy atom. The third kappa shape index (κ3) is 52.6. The van der Waals surface area contributed by atoms with E-state index < -0.39 is 6.10 Å². The van der Waals surface area contributed by atoms with Crippen LogP contribution in [0.4, 0.5) is 0 Å². The maximum absolute atomic E-state index is 12.8. The number of hydrogen-bond acceptors (Lipinski definition) is 6. The summed E-state index contributed by atoms with van der Waals surface area (Å²) in [6, 6.07) is 0. The molecule has 1 atom stereocenters. The van der Waals surface area contributed by atoms with Crippen LogP contribution in [0, 0.1) is 0 Å². The van der Waals surface area contributed by atoms with Gasteiger partial charge < -0.3 is 14.2 Å². The monoisotopic (exact) mass is 927 g/mol. The molecule has 0 aromatic rings. The summed E-state index contributed by atoms with van der Waals surface area (Å²) in [7, 11) is 0. The molecule has 0 spiro atoms. The molecule has 6 nitrogen and oxygen atoms in total. The number of ether oxygens (including phenoxy) is 3. The Bertz CT molecular complexity index is 1110. The van der Waals surface area contributed by atoms with E-state index in [0.717, 1.165) is 70.6 Å². The molecule has 6 heteroatoms. The van der Waals surface area contributed by atoms with Crippen molar-refractivity contribution in [3.63, 3.8) is 0 Å². The number of esters is 3. The van der Waals surface area contributed by atoms with Crippen molar-refractivity contribution in [2.75, 3.05) is 13.2 Å². The molecule has 0 aliphatic carbocycles. The first-order chi connectivity index (χ1) is 32.5. The zero-order chi connectivity index (χ0) is 47.9. The fourth-order valence-electron chi connectivity index (χ4n) is 8.47. The van der Waals surface area contributed by atoms with E-state index in [9.17, 15) is 14.4 Å². The lowest BCUT2D eigenvalue weighted by Gasteiger charge is -2.18. The number of carbonyl (C=O) groups excluding carboxylic acids is 3. The summed E-state index contributed by atoms with van der Waals surface area (Å²) in [5, 5.41) is 0. The highest BCUT2D eigenvalue weighted by atomic mass is 16.6. The van der Waals surface area contributed by atoms with Crippen molar-refractivity contribution >= 4 is 17.9 Å². The highest BCUT2D eigenvalue weighted by molar-refractivity contribution is 5.71. The van der Waals surface area contributed by atoms with E-state index in [1.165, 1.54) is 199 Å². The summed E-state index contributed by atoms with van der Waals surface area (Å²) < 4.78 is 16.9. The number of allylic oxidation sites excluding steroid dienone is 6. The van der Waals surface area contributed by atoms with Crippen molar-refractivity contribution in [1.82, 2.24) is 0 Å². The minimum Gasteiger partial charge on any atom is -0.462 e. The van der Waals surface area contributed by atoms with Crippen LogP contribution < -0.4 is 0 Å². The van der Waals surface area contributed by atoms with Crippen LogP contribution in [0.15, 0.2) is 36.5 Å². The van der Waals surface area contributed by atoms with Gasteiger partial charge in [-0.3, -0.25) is 14.4 Å². The average molecular weight is 928 g/mol. The smallest absolute Gasteiger partial charge is 0.306 e. The Balaban J connectivity index is 4.30. The van der Waals surface area contributed by atoms with E-state index in [1.807, 2.05) is 0 Å². The van der Waals surface area contributed by atoms with Gasteiger partial charge >= 0.3 is 17.9 Å². The third-order valence-corrected chi connectivity index (χ3v) is 12.9. The molecule has 0 amide bonds. The van der Waals surface area contributed by atoms with E-state index in [0.29, 0.717) is 19.3 Å². The van der Waals surface area contributed by atoms with Gasteiger partial charge in [0.1, 0.15) is 13.2 Å². The molecule has 0 bridgehead atoms. The summed E-state index contributed by atoms with van der Waals surface area (Å²) in [5.74, 6) is -0.871. The lowest BCUT2D eigenvalue weighted by molar-refractivity contribution is -0.167. The maximum atomic E-state index is 12.8. The van der Waals surface area contributed by atoms with E-state index in [1.54, 1.807) is 0 Å². The molecule has 0 aromatic carbocycles. The number of hydrogen-bond donors (Lipinski definition) is 0. The molecule has 0 saturated carbocycles. The number of rotatable bonds is 53. The second-order valence-electron chi connectivity index (χ2n) is 19.6. The minimum atomic E-state index is -0.775. The van der Waals surface area contributed by atoms with Crippen LogP contribution in [0.25, 0.3) is 0 Å². The largest absolute Gasteiger partial charge is 0.462 e. The summed E-state index contributed by atoms with van der Waals surface area (Å²) in [6.45, 7) is 6.64. The molecular weight excluding hydrogens is 817 g/mol. The first-order valence-corrected chi connectivity index (χ1v) is 29.0. The molecule has 0 fully saturated rings. The van der Waals surface area contributed by atoms with Crippen LogP contribution in [0.1, 0.15) is 310 Å². The molecule has 0 rings (SSSR count). The number of unbranched alkanes of at least 4 members (excludes halogenated alkanes) is 36. The Labute approximate surface area is 410 Å². The SMILES string of the molecule is CCCCCCC/C=C\C/C=C\CCCCCCCCCCCC(=O)OCC(COC(=O)CCCCCCCCCCCCC)OC(=O)CCCCCCC/C=C\CCCCCCCCC. The second kappa shape index (κ2) is 55.2.